The number of rotatable bonds is 4. The Morgan fingerprint density at radius 3 is 2.54 bits per heavy atom. The average Bonchev–Trinajstić information content (AvgIpc) is 2.53. The molecule has 0 atom stereocenters. The molecule has 0 heterocycles. The molecular weight excluding hydrogens is 345 g/mol. The number of halogens is 2. The lowest BCUT2D eigenvalue weighted by Crippen LogP contribution is -2.20. The first-order chi connectivity index (χ1) is 11.5. The molecule has 3 rings (SSSR count). The number of aryl methyl sites for hydroxylation is 1. The maximum Gasteiger partial charge on any atom is 0.262 e. The highest BCUT2D eigenvalue weighted by atomic mass is 35.5. The van der Waals surface area contributed by atoms with Crippen molar-refractivity contribution in [2.24, 2.45) is 0 Å². The van der Waals surface area contributed by atoms with Crippen LogP contribution < -0.4 is 10.1 Å². The highest BCUT2D eigenvalue weighted by Crippen LogP contribution is 2.31. The average molecular weight is 360 g/mol. The third-order valence-corrected chi connectivity index (χ3v) is 4.07. The Labute approximate surface area is 150 Å². The van der Waals surface area contributed by atoms with E-state index in [1.807, 2.05) is 49.4 Å². The first kappa shape index (κ1) is 16.6. The summed E-state index contributed by atoms with van der Waals surface area (Å²) < 4.78 is 5.54. The van der Waals surface area contributed by atoms with Gasteiger partial charge < -0.3 is 10.1 Å². The van der Waals surface area contributed by atoms with Crippen molar-refractivity contribution in [3.05, 3.63) is 70.2 Å². The molecule has 0 unspecified atom stereocenters. The molecule has 0 aliphatic heterocycles. The van der Waals surface area contributed by atoms with E-state index in [4.69, 9.17) is 27.9 Å². The van der Waals surface area contributed by atoms with Gasteiger partial charge in [0, 0.05) is 10.7 Å². The molecule has 0 bridgehead atoms. The van der Waals surface area contributed by atoms with E-state index in [1.54, 1.807) is 12.1 Å². The van der Waals surface area contributed by atoms with Gasteiger partial charge in [-0.05, 0) is 47.5 Å². The summed E-state index contributed by atoms with van der Waals surface area (Å²) in [6.07, 6.45) is 0. The van der Waals surface area contributed by atoms with Crippen LogP contribution in [0.25, 0.3) is 10.8 Å². The summed E-state index contributed by atoms with van der Waals surface area (Å²) in [7, 11) is 0. The predicted molar refractivity (Wildman–Crippen MR) is 99.3 cm³/mol. The van der Waals surface area contributed by atoms with Gasteiger partial charge in [0.05, 0.1) is 5.02 Å². The molecule has 0 spiro atoms. The number of hydrogen-bond donors (Lipinski definition) is 1. The van der Waals surface area contributed by atoms with Crippen LogP contribution in [0.5, 0.6) is 5.75 Å². The Morgan fingerprint density at radius 1 is 1.04 bits per heavy atom. The van der Waals surface area contributed by atoms with E-state index < -0.39 is 0 Å². The van der Waals surface area contributed by atoms with Crippen LogP contribution in [0.3, 0.4) is 0 Å². The summed E-state index contributed by atoms with van der Waals surface area (Å²) in [6, 6.07) is 17.0. The van der Waals surface area contributed by atoms with Gasteiger partial charge in [0.2, 0.25) is 0 Å². The van der Waals surface area contributed by atoms with Crippen LogP contribution >= 0.6 is 23.2 Å². The molecule has 0 saturated heterocycles. The van der Waals surface area contributed by atoms with Crippen molar-refractivity contribution in [3.8, 4) is 5.75 Å². The van der Waals surface area contributed by atoms with Gasteiger partial charge in [-0.2, -0.15) is 0 Å². The van der Waals surface area contributed by atoms with E-state index >= 15 is 0 Å². The molecule has 3 aromatic rings. The van der Waals surface area contributed by atoms with Crippen molar-refractivity contribution < 1.29 is 9.53 Å². The van der Waals surface area contributed by atoms with Gasteiger partial charge in [0.1, 0.15) is 5.75 Å². The lowest BCUT2D eigenvalue weighted by atomic mass is 10.1. The number of hydrogen-bond acceptors (Lipinski definition) is 2. The highest BCUT2D eigenvalue weighted by Gasteiger charge is 2.10. The number of fused-ring (bicyclic) bond motifs is 1. The van der Waals surface area contributed by atoms with Crippen LogP contribution in [0.2, 0.25) is 10.0 Å². The summed E-state index contributed by atoms with van der Waals surface area (Å²) in [4.78, 5) is 12.1. The fraction of sp³-hybridized carbons (Fsp3) is 0.105. The number of anilines is 1. The van der Waals surface area contributed by atoms with E-state index in [0.717, 1.165) is 22.0 Å². The van der Waals surface area contributed by atoms with E-state index in [9.17, 15) is 4.79 Å². The second kappa shape index (κ2) is 7.12. The normalized spacial score (nSPS) is 10.6. The zero-order chi connectivity index (χ0) is 17.1. The number of carbonyl (C=O) groups excluding carboxylic acids is 1. The second-order valence-corrected chi connectivity index (χ2v) is 6.28. The van der Waals surface area contributed by atoms with E-state index in [1.165, 1.54) is 0 Å². The fourth-order valence-electron chi connectivity index (χ4n) is 2.47. The fourth-order valence-corrected chi connectivity index (χ4v) is 3.12. The zero-order valence-electron chi connectivity index (χ0n) is 13.0. The molecule has 0 aliphatic rings. The molecule has 0 aromatic heterocycles. The van der Waals surface area contributed by atoms with Gasteiger partial charge >= 0.3 is 0 Å². The van der Waals surface area contributed by atoms with Gasteiger partial charge in [0.25, 0.3) is 5.91 Å². The maximum absolute atomic E-state index is 12.1. The topological polar surface area (TPSA) is 38.3 Å². The summed E-state index contributed by atoms with van der Waals surface area (Å²) >= 11 is 12.0. The Bertz CT molecular complexity index is 886. The lowest BCUT2D eigenvalue weighted by molar-refractivity contribution is -0.118. The lowest BCUT2D eigenvalue weighted by Gasteiger charge is -2.12. The number of benzene rings is 3. The Hall–Kier alpha value is -2.23. The van der Waals surface area contributed by atoms with Gasteiger partial charge in [0.15, 0.2) is 6.61 Å². The maximum atomic E-state index is 12.1. The summed E-state index contributed by atoms with van der Waals surface area (Å²) in [5.74, 6) is 0.213. The van der Waals surface area contributed by atoms with E-state index in [-0.39, 0.29) is 12.5 Å². The molecule has 0 aliphatic carbocycles. The smallest absolute Gasteiger partial charge is 0.262 e. The second-order valence-electron chi connectivity index (χ2n) is 5.43. The molecular formula is C19H15Cl2NO2. The number of nitrogens with one attached hydrogen (secondary N) is 1. The van der Waals surface area contributed by atoms with E-state index in [2.05, 4.69) is 5.32 Å². The van der Waals surface area contributed by atoms with Gasteiger partial charge in [-0.15, -0.1) is 0 Å². The number of carbonyl (C=O) groups is 1. The standard InChI is InChI=1S/C19H15Cl2NO2/c1-12-8-15(20)10-17(21)19(12)24-11-18(23)22-16-7-6-13-4-2-3-5-14(13)9-16/h2-10H,11H2,1H3,(H,22,23). The van der Waals surface area contributed by atoms with Crippen molar-refractivity contribution in [1.29, 1.82) is 0 Å². The van der Waals surface area contributed by atoms with E-state index in [0.29, 0.717) is 15.8 Å². The molecule has 0 radical (unpaired) electrons. The number of ether oxygens (including phenoxy) is 1. The van der Waals surface area contributed by atoms with Crippen LogP contribution in [0.1, 0.15) is 5.56 Å². The molecule has 1 N–H and O–H groups in total. The minimum Gasteiger partial charge on any atom is -0.482 e. The number of amides is 1. The largest absolute Gasteiger partial charge is 0.482 e. The molecule has 122 valence electrons. The van der Waals surface area contributed by atoms with Crippen LogP contribution in [0.4, 0.5) is 5.69 Å². The Morgan fingerprint density at radius 2 is 1.79 bits per heavy atom. The minimum atomic E-state index is -0.254. The molecule has 3 nitrogen and oxygen atoms in total. The third kappa shape index (κ3) is 3.81. The summed E-state index contributed by atoms with van der Waals surface area (Å²) in [5, 5.41) is 5.93. The molecule has 5 heteroatoms. The van der Waals surface area contributed by atoms with Crippen LogP contribution in [-0.4, -0.2) is 12.5 Å². The summed E-state index contributed by atoms with van der Waals surface area (Å²) in [6.45, 7) is 1.70. The van der Waals surface area contributed by atoms with Crippen molar-refractivity contribution in [2.75, 3.05) is 11.9 Å². The van der Waals surface area contributed by atoms with Crippen LogP contribution in [0.15, 0.2) is 54.6 Å². The molecule has 0 saturated carbocycles. The van der Waals surface area contributed by atoms with Gasteiger partial charge in [-0.25, -0.2) is 0 Å². The zero-order valence-corrected chi connectivity index (χ0v) is 14.5. The van der Waals surface area contributed by atoms with Crippen molar-refractivity contribution in [1.82, 2.24) is 0 Å². The summed E-state index contributed by atoms with van der Waals surface area (Å²) in [5.41, 5.74) is 1.51. The minimum absolute atomic E-state index is 0.130. The van der Waals surface area contributed by atoms with Crippen molar-refractivity contribution >= 4 is 45.6 Å². The van der Waals surface area contributed by atoms with Gasteiger partial charge in [-0.1, -0.05) is 53.5 Å². The molecule has 0 fully saturated rings. The molecule has 1 amide bonds. The first-order valence-electron chi connectivity index (χ1n) is 7.40. The van der Waals surface area contributed by atoms with Crippen molar-refractivity contribution in [2.45, 2.75) is 6.92 Å². The SMILES string of the molecule is Cc1cc(Cl)cc(Cl)c1OCC(=O)Nc1ccc2ccccc2c1. The monoisotopic (exact) mass is 359 g/mol. The van der Waals surface area contributed by atoms with Crippen LogP contribution in [-0.2, 0) is 4.79 Å². The van der Waals surface area contributed by atoms with Gasteiger partial charge in [-0.3, -0.25) is 4.79 Å². The Kier molecular flexibility index (Phi) is 4.93. The Balaban J connectivity index is 1.67. The van der Waals surface area contributed by atoms with Crippen molar-refractivity contribution in [3.63, 3.8) is 0 Å². The highest BCUT2D eigenvalue weighted by molar-refractivity contribution is 6.35. The van der Waals surface area contributed by atoms with Crippen LogP contribution in [0, 0.1) is 6.92 Å². The molecule has 24 heavy (non-hydrogen) atoms. The first-order valence-corrected chi connectivity index (χ1v) is 8.15. The molecule has 3 aromatic carbocycles. The quantitative estimate of drug-likeness (QED) is 0.670. The predicted octanol–water partition coefficient (Wildman–Crippen LogP) is 5.47. The third-order valence-electron chi connectivity index (χ3n) is 3.57.